The lowest BCUT2D eigenvalue weighted by atomic mass is 9.88. The van der Waals surface area contributed by atoms with Crippen LogP contribution in [0.4, 0.5) is 10.5 Å². The Labute approximate surface area is 142 Å². The number of carbonyl (C=O) groups excluding carboxylic acids is 3. The molecule has 6 nitrogen and oxygen atoms in total. The Morgan fingerprint density at radius 1 is 1.12 bits per heavy atom. The SMILES string of the molecule is CCCC1(CCC)NC(=O)N(CC(=O)N(C)c2ccccc2)C1=O. The van der Waals surface area contributed by atoms with Crippen molar-refractivity contribution in [1.82, 2.24) is 10.2 Å². The van der Waals surface area contributed by atoms with Crippen LogP contribution < -0.4 is 10.2 Å². The molecule has 1 aliphatic heterocycles. The molecule has 4 amide bonds. The molecule has 0 unspecified atom stereocenters. The van der Waals surface area contributed by atoms with Crippen molar-refractivity contribution in [3.05, 3.63) is 30.3 Å². The van der Waals surface area contributed by atoms with Crippen molar-refractivity contribution in [1.29, 1.82) is 0 Å². The van der Waals surface area contributed by atoms with Crippen LogP contribution in [-0.4, -0.2) is 41.9 Å². The van der Waals surface area contributed by atoms with Gasteiger partial charge in [0.15, 0.2) is 0 Å². The monoisotopic (exact) mass is 331 g/mol. The van der Waals surface area contributed by atoms with Crippen LogP contribution in [0.1, 0.15) is 39.5 Å². The van der Waals surface area contributed by atoms with Gasteiger partial charge in [0.25, 0.3) is 5.91 Å². The van der Waals surface area contributed by atoms with Gasteiger partial charge in [0.1, 0.15) is 12.1 Å². The summed E-state index contributed by atoms with van der Waals surface area (Å²) < 4.78 is 0. The van der Waals surface area contributed by atoms with Gasteiger partial charge in [-0.25, -0.2) is 4.79 Å². The predicted molar refractivity (Wildman–Crippen MR) is 92.6 cm³/mol. The highest BCUT2D eigenvalue weighted by Crippen LogP contribution is 2.28. The van der Waals surface area contributed by atoms with Crippen LogP contribution in [0.3, 0.4) is 0 Å². The van der Waals surface area contributed by atoms with Gasteiger partial charge < -0.3 is 10.2 Å². The van der Waals surface area contributed by atoms with E-state index in [9.17, 15) is 14.4 Å². The van der Waals surface area contributed by atoms with E-state index in [2.05, 4.69) is 5.32 Å². The third kappa shape index (κ3) is 3.42. The first-order valence-corrected chi connectivity index (χ1v) is 8.41. The van der Waals surface area contributed by atoms with Gasteiger partial charge in [-0.1, -0.05) is 44.9 Å². The fraction of sp³-hybridized carbons (Fsp3) is 0.500. The van der Waals surface area contributed by atoms with Crippen LogP contribution in [0.25, 0.3) is 0 Å². The minimum Gasteiger partial charge on any atom is -0.323 e. The number of imide groups is 1. The number of urea groups is 1. The summed E-state index contributed by atoms with van der Waals surface area (Å²) in [5.41, 5.74) is -0.130. The van der Waals surface area contributed by atoms with Crippen LogP contribution in [0.15, 0.2) is 30.3 Å². The van der Waals surface area contributed by atoms with E-state index in [1.54, 1.807) is 7.05 Å². The van der Waals surface area contributed by atoms with E-state index < -0.39 is 11.6 Å². The summed E-state index contributed by atoms with van der Waals surface area (Å²) in [7, 11) is 1.64. The van der Waals surface area contributed by atoms with Gasteiger partial charge in [0, 0.05) is 12.7 Å². The maximum Gasteiger partial charge on any atom is 0.325 e. The minimum absolute atomic E-state index is 0.245. The molecule has 1 heterocycles. The molecule has 0 aromatic heterocycles. The minimum atomic E-state index is -0.855. The summed E-state index contributed by atoms with van der Waals surface area (Å²) in [4.78, 5) is 40.0. The van der Waals surface area contributed by atoms with E-state index in [4.69, 9.17) is 0 Å². The lowest BCUT2D eigenvalue weighted by Crippen LogP contribution is -2.47. The molecule has 1 saturated heterocycles. The molecule has 0 radical (unpaired) electrons. The topological polar surface area (TPSA) is 69.7 Å². The summed E-state index contributed by atoms with van der Waals surface area (Å²) in [6.07, 6.45) is 2.75. The van der Waals surface area contributed by atoms with E-state index in [0.29, 0.717) is 12.8 Å². The van der Waals surface area contributed by atoms with E-state index in [-0.39, 0.29) is 18.4 Å². The lowest BCUT2D eigenvalue weighted by Gasteiger charge is -2.26. The highest BCUT2D eigenvalue weighted by atomic mass is 16.2. The molecule has 1 aromatic rings. The first kappa shape index (κ1) is 18.0. The summed E-state index contributed by atoms with van der Waals surface area (Å²) in [6.45, 7) is 3.72. The molecule has 1 fully saturated rings. The number of para-hydroxylation sites is 1. The van der Waals surface area contributed by atoms with E-state index >= 15 is 0 Å². The van der Waals surface area contributed by atoms with Gasteiger partial charge in [0.2, 0.25) is 5.91 Å². The lowest BCUT2D eigenvalue weighted by molar-refractivity contribution is -0.134. The van der Waals surface area contributed by atoms with Crippen LogP contribution in [-0.2, 0) is 9.59 Å². The zero-order valence-electron chi connectivity index (χ0n) is 14.5. The Balaban J connectivity index is 2.13. The number of nitrogens with one attached hydrogen (secondary N) is 1. The molecule has 6 heteroatoms. The number of carbonyl (C=O) groups is 3. The van der Waals surface area contributed by atoms with Gasteiger partial charge in [-0.3, -0.25) is 14.5 Å². The van der Waals surface area contributed by atoms with Crippen molar-refractivity contribution in [3.63, 3.8) is 0 Å². The largest absolute Gasteiger partial charge is 0.325 e. The summed E-state index contributed by atoms with van der Waals surface area (Å²) in [5.74, 6) is -0.584. The van der Waals surface area contributed by atoms with E-state index in [1.165, 1.54) is 4.90 Å². The number of nitrogens with zero attached hydrogens (tertiary/aromatic N) is 2. The molecular weight excluding hydrogens is 306 g/mol. The number of benzene rings is 1. The van der Waals surface area contributed by atoms with Gasteiger partial charge in [0.05, 0.1) is 0 Å². The van der Waals surface area contributed by atoms with Crippen molar-refractivity contribution in [2.75, 3.05) is 18.5 Å². The Morgan fingerprint density at radius 3 is 2.25 bits per heavy atom. The van der Waals surface area contributed by atoms with Crippen molar-refractivity contribution in [2.24, 2.45) is 0 Å². The molecular formula is C18H25N3O3. The molecule has 24 heavy (non-hydrogen) atoms. The molecule has 0 saturated carbocycles. The van der Waals surface area contributed by atoms with Crippen LogP contribution in [0, 0.1) is 0 Å². The molecule has 1 N–H and O–H groups in total. The fourth-order valence-corrected chi connectivity index (χ4v) is 3.17. The van der Waals surface area contributed by atoms with Gasteiger partial charge in [-0.2, -0.15) is 0 Å². The normalized spacial score (nSPS) is 16.2. The molecule has 1 aliphatic rings. The zero-order chi connectivity index (χ0) is 17.7. The van der Waals surface area contributed by atoms with Crippen molar-refractivity contribution in [3.8, 4) is 0 Å². The van der Waals surface area contributed by atoms with Crippen molar-refractivity contribution >= 4 is 23.5 Å². The van der Waals surface area contributed by atoms with E-state index in [1.807, 2.05) is 44.2 Å². The zero-order valence-corrected chi connectivity index (χ0v) is 14.5. The molecule has 130 valence electrons. The molecule has 2 rings (SSSR count). The summed E-state index contributed by atoms with van der Waals surface area (Å²) in [5, 5.41) is 2.82. The Morgan fingerprint density at radius 2 is 1.71 bits per heavy atom. The second-order valence-electron chi connectivity index (χ2n) is 6.19. The van der Waals surface area contributed by atoms with Gasteiger partial charge >= 0.3 is 6.03 Å². The molecule has 0 aliphatic carbocycles. The van der Waals surface area contributed by atoms with Crippen molar-refractivity contribution in [2.45, 2.75) is 45.1 Å². The maximum absolute atomic E-state index is 12.8. The predicted octanol–water partition coefficient (Wildman–Crippen LogP) is 2.54. The molecule has 0 atom stereocenters. The third-order valence-corrected chi connectivity index (χ3v) is 4.41. The smallest absolute Gasteiger partial charge is 0.323 e. The second-order valence-corrected chi connectivity index (χ2v) is 6.19. The second kappa shape index (κ2) is 7.47. The Bertz CT molecular complexity index is 609. The summed E-state index contributed by atoms with van der Waals surface area (Å²) in [6, 6.07) is 8.67. The number of likely N-dealkylation sites (N-methyl/N-ethyl adjacent to an activating group) is 1. The molecule has 0 spiro atoms. The van der Waals surface area contributed by atoms with Gasteiger partial charge in [-0.05, 0) is 25.0 Å². The number of amides is 4. The first-order valence-electron chi connectivity index (χ1n) is 8.41. The highest BCUT2D eigenvalue weighted by molar-refractivity contribution is 6.10. The average molecular weight is 331 g/mol. The highest BCUT2D eigenvalue weighted by Gasteiger charge is 2.50. The maximum atomic E-state index is 12.8. The van der Waals surface area contributed by atoms with E-state index in [0.717, 1.165) is 23.4 Å². The quantitative estimate of drug-likeness (QED) is 0.781. The Kier molecular flexibility index (Phi) is 5.59. The molecule has 1 aromatic carbocycles. The standard InChI is InChI=1S/C18H25N3O3/c1-4-11-18(12-5-2)16(23)21(17(24)19-18)13-15(22)20(3)14-9-7-6-8-10-14/h6-10H,4-5,11-13H2,1-3H3,(H,19,24). The number of rotatable bonds is 7. The molecule has 0 bridgehead atoms. The summed E-state index contributed by atoms with van der Waals surface area (Å²) >= 11 is 0. The third-order valence-electron chi connectivity index (χ3n) is 4.41. The number of hydrogen-bond donors (Lipinski definition) is 1. The van der Waals surface area contributed by atoms with Crippen LogP contribution in [0.2, 0.25) is 0 Å². The van der Waals surface area contributed by atoms with Crippen LogP contribution >= 0.6 is 0 Å². The number of anilines is 1. The fourth-order valence-electron chi connectivity index (χ4n) is 3.17. The van der Waals surface area contributed by atoms with Crippen LogP contribution in [0.5, 0.6) is 0 Å². The van der Waals surface area contributed by atoms with Gasteiger partial charge in [-0.15, -0.1) is 0 Å². The number of hydrogen-bond acceptors (Lipinski definition) is 3. The first-order chi connectivity index (χ1) is 11.4. The Hall–Kier alpha value is -2.37. The van der Waals surface area contributed by atoms with Crippen molar-refractivity contribution < 1.29 is 14.4 Å². The average Bonchev–Trinajstić information content (AvgIpc) is 2.80.